The maximum Gasteiger partial charge on any atom is 0.102 e. The molecule has 1 aromatic carbocycles. The molecular formula is C14H10O2. The van der Waals surface area contributed by atoms with E-state index >= 15 is 0 Å². The van der Waals surface area contributed by atoms with Crippen LogP contribution < -0.4 is 0 Å². The lowest BCUT2D eigenvalue weighted by atomic mass is 9.88. The predicted molar refractivity (Wildman–Crippen MR) is 57.9 cm³/mol. The van der Waals surface area contributed by atoms with Crippen molar-refractivity contribution >= 4 is 0 Å². The van der Waals surface area contributed by atoms with Crippen LogP contribution in [0.15, 0.2) is 36.4 Å². The molecule has 78 valence electrons. The van der Waals surface area contributed by atoms with E-state index in [1.807, 2.05) is 0 Å². The van der Waals surface area contributed by atoms with Gasteiger partial charge in [-0.25, -0.2) is 0 Å². The van der Waals surface area contributed by atoms with Gasteiger partial charge in [-0.15, -0.1) is 0 Å². The van der Waals surface area contributed by atoms with Gasteiger partial charge in [0.05, 0.1) is 0 Å². The quantitative estimate of drug-likeness (QED) is 0.613. The van der Waals surface area contributed by atoms with E-state index in [0.29, 0.717) is 0 Å². The van der Waals surface area contributed by atoms with Crippen molar-refractivity contribution in [3.05, 3.63) is 58.7 Å². The van der Waals surface area contributed by atoms with E-state index in [9.17, 15) is 0 Å². The molecule has 2 unspecified atom stereocenters. The third kappa shape index (κ3) is 0.721. The van der Waals surface area contributed by atoms with Crippen LogP contribution in [0, 0.1) is 0 Å². The van der Waals surface area contributed by atoms with Gasteiger partial charge in [0.2, 0.25) is 0 Å². The van der Waals surface area contributed by atoms with E-state index in [2.05, 4.69) is 36.4 Å². The first-order valence-corrected chi connectivity index (χ1v) is 5.75. The molecule has 4 aliphatic rings. The molecule has 0 spiro atoms. The van der Waals surface area contributed by atoms with Crippen molar-refractivity contribution in [3.63, 3.8) is 0 Å². The Morgan fingerprint density at radius 2 is 0.875 bits per heavy atom. The van der Waals surface area contributed by atoms with Crippen LogP contribution in [0.3, 0.4) is 0 Å². The van der Waals surface area contributed by atoms with Crippen LogP contribution in [0.5, 0.6) is 0 Å². The number of fused-ring (bicyclic) bond motifs is 10. The minimum Gasteiger partial charge on any atom is -0.357 e. The summed E-state index contributed by atoms with van der Waals surface area (Å²) in [6, 6.07) is 4.57. The summed E-state index contributed by atoms with van der Waals surface area (Å²) in [5.74, 6) is 0. The van der Waals surface area contributed by atoms with Gasteiger partial charge >= 0.3 is 0 Å². The Kier molecular flexibility index (Phi) is 1.13. The lowest BCUT2D eigenvalue weighted by Gasteiger charge is -2.13. The summed E-state index contributed by atoms with van der Waals surface area (Å²) >= 11 is 0. The molecule has 16 heavy (non-hydrogen) atoms. The normalized spacial score (nSPS) is 39.5. The average Bonchev–Trinajstić information content (AvgIpc) is 3.07. The van der Waals surface area contributed by atoms with Crippen molar-refractivity contribution in [2.24, 2.45) is 0 Å². The zero-order chi connectivity index (χ0) is 10.3. The van der Waals surface area contributed by atoms with E-state index in [4.69, 9.17) is 9.47 Å². The molecule has 0 saturated heterocycles. The van der Waals surface area contributed by atoms with Gasteiger partial charge in [0, 0.05) is 0 Å². The smallest absolute Gasteiger partial charge is 0.102 e. The zero-order valence-corrected chi connectivity index (χ0v) is 8.59. The molecule has 2 heteroatoms. The summed E-state index contributed by atoms with van der Waals surface area (Å²) in [5.41, 5.74) is 5.37. The molecule has 0 aliphatic carbocycles. The number of ether oxygens (including phenoxy) is 2. The molecule has 4 heterocycles. The van der Waals surface area contributed by atoms with Crippen molar-refractivity contribution in [2.75, 3.05) is 0 Å². The number of benzene rings is 1. The van der Waals surface area contributed by atoms with Crippen LogP contribution in [-0.2, 0) is 9.47 Å². The van der Waals surface area contributed by atoms with Crippen molar-refractivity contribution in [3.8, 4) is 0 Å². The first kappa shape index (κ1) is 7.82. The minimum absolute atomic E-state index is 0.188. The molecule has 0 aromatic heterocycles. The van der Waals surface area contributed by atoms with E-state index < -0.39 is 0 Å². The number of hydrogen-bond donors (Lipinski definition) is 0. The summed E-state index contributed by atoms with van der Waals surface area (Å²) in [6.45, 7) is 0. The first-order chi connectivity index (χ1) is 7.90. The van der Waals surface area contributed by atoms with E-state index in [0.717, 1.165) is 0 Å². The van der Waals surface area contributed by atoms with Gasteiger partial charge in [-0.1, -0.05) is 24.3 Å². The number of rotatable bonds is 0. The molecule has 2 nitrogen and oxygen atoms in total. The molecule has 0 radical (unpaired) electrons. The average molecular weight is 210 g/mol. The Bertz CT molecular complexity index is 476. The zero-order valence-electron chi connectivity index (χ0n) is 8.59. The molecule has 0 saturated carbocycles. The molecule has 4 aliphatic heterocycles. The Morgan fingerprint density at radius 3 is 1.19 bits per heavy atom. The Hall–Kier alpha value is -1.38. The van der Waals surface area contributed by atoms with Crippen LogP contribution in [0.2, 0.25) is 0 Å². The summed E-state index contributed by atoms with van der Waals surface area (Å²) in [5, 5.41) is 0. The number of hydrogen-bond acceptors (Lipinski definition) is 2. The molecule has 0 fully saturated rings. The van der Waals surface area contributed by atoms with Crippen molar-refractivity contribution in [1.82, 2.24) is 0 Å². The van der Waals surface area contributed by atoms with Crippen LogP contribution in [-0.4, -0.2) is 0 Å². The highest BCUT2D eigenvalue weighted by atomic mass is 16.5. The monoisotopic (exact) mass is 210 g/mol. The molecule has 0 N–H and O–H groups in total. The van der Waals surface area contributed by atoms with Crippen molar-refractivity contribution in [1.29, 1.82) is 0 Å². The van der Waals surface area contributed by atoms with Crippen LogP contribution in [0.4, 0.5) is 0 Å². The molecule has 0 amide bonds. The van der Waals surface area contributed by atoms with Gasteiger partial charge in [-0.2, -0.15) is 0 Å². The molecule has 4 bridgehead atoms. The Balaban J connectivity index is 1.80. The third-order valence-corrected chi connectivity index (χ3v) is 4.02. The first-order valence-electron chi connectivity index (χ1n) is 5.75. The Labute approximate surface area is 93.2 Å². The van der Waals surface area contributed by atoms with E-state index in [1.165, 1.54) is 22.3 Å². The van der Waals surface area contributed by atoms with E-state index in [1.54, 1.807) is 0 Å². The van der Waals surface area contributed by atoms with Crippen LogP contribution in [0.25, 0.3) is 0 Å². The summed E-state index contributed by atoms with van der Waals surface area (Å²) in [4.78, 5) is 0. The van der Waals surface area contributed by atoms with Gasteiger partial charge in [-0.3, -0.25) is 0 Å². The predicted octanol–water partition coefficient (Wildman–Crippen LogP) is 3.05. The molecule has 1 aromatic rings. The summed E-state index contributed by atoms with van der Waals surface area (Å²) in [6.07, 6.45) is 9.38. The van der Waals surface area contributed by atoms with Crippen molar-refractivity contribution in [2.45, 2.75) is 24.4 Å². The maximum atomic E-state index is 5.84. The maximum absolute atomic E-state index is 5.84. The lowest BCUT2D eigenvalue weighted by molar-refractivity contribution is 0.0840. The van der Waals surface area contributed by atoms with Gasteiger partial charge < -0.3 is 9.47 Å². The van der Waals surface area contributed by atoms with Crippen LogP contribution >= 0.6 is 0 Å². The van der Waals surface area contributed by atoms with Gasteiger partial charge in [-0.05, 0) is 34.4 Å². The molecule has 4 atom stereocenters. The second-order valence-corrected chi connectivity index (χ2v) is 4.83. The fourth-order valence-electron chi connectivity index (χ4n) is 3.26. The summed E-state index contributed by atoms with van der Waals surface area (Å²) < 4.78 is 11.7. The third-order valence-electron chi connectivity index (χ3n) is 4.02. The van der Waals surface area contributed by atoms with Crippen LogP contribution in [0.1, 0.15) is 46.7 Å². The summed E-state index contributed by atoms with van der Waals surface area (Å²) in [7, 11) is 0. The molecular weight excluding hydrogens is 200 g/mol. The second kappa shape index (κ2) is 2.31. The van der Waals surface area contributed by atoms with Gasteiger partial charge in [0.15, 0.2) is 0 Å². The topological polar surface area (TPSA) is 18.5 Å². The molecule has 5 rings (SSSR count). The van der Waals surface area contributed by atoms with Gasteiger partial charge in [0.25, 0.3) is 0 Å². The largest absolute Gasteiger partial charge is 0.357 e. The lowest BCUT2D eigenvalue weighted by Crippen LogP contribution is -2.00. The minimum atomic E-state index is 0.188. The fraction of sp³-hybridized carbons (Fsp3) is 0.286. The highest BCUT2D eigenvalue weighted by Gasteiger charge is 2.40. The Morgan fingerprint density at radius 1 is 0.562 bits per heavy atom. The fourth-order valence-corrected chi connectivity index (χ4v) is 3.26. The van der Waals surface area contributed by atoms with E-state index in [-0.39, 0.29) is 24.4 Å². The highest BCUT2D eigenvalue weighted by Crippen LogP contribution is 2.52. The van der Waals surface area contributed by atoms with Gasteiger partial charge in [0.1, 0.15) is 24.4 Å². The SMILES string of the molecule is C1=CC2OC1c1cc3c(cc12)[C@H]1C=C[C@@H]3O1. The standard InChI is InChI=1S/C14H10O2/c1-2-12-8-6-10-9(5-7(8)11(1)15-12)13-3-4-14(10)16-13/h1-6,11-14H/t11-,12+,13?,14?. The van der Waals surface area contributed by atoms with Crippen molar-refractivity contribution < 1.29 is 9.47 Å². The highest BCUT2D eigenvalue weighted by molar-refractivity contribution is 5.53. The second-order valence-electron chi connectivity index (χ2n) is 4.83.